The second-order valence-corrected chi connectivity index (χ2v) is 4.98. The van der Waals surface area contributed by atoms with Crippen molar-refractivity contribution in [3.8, 4) is 0 Å². The number of hydrogen-bond acceptors (Lipinski definition) is 3. The summed E-state index contributed by atoms with van der Waals surface area (Å²) in [6.45, 7) is 0.439. The maximum atomic E-state index is 12.2. The van der Waals surface area contributed by atoms with Gasteiger partial charge in [-0.15, -0.1) is 12.6 Å². The molecule has 1 heterocycles. The minimum atomic E-state index is -0.613. The molecule has 5 heteroatoms. The Morgan fingerprint density at radius 2 is 1.79 bits per heavy atom. The zero-order valence-corrected chi connectivity index (χ0v) is 11.3. The van der Waals surface area contributed by atoms with Gasteiger partial charge in [0.1, 0.15) is 6.04 Å². The molecule has 1 unspecified atom stereocenters. The zero-order chi connectivity index (χ0) is 13.8. The van der Waals surface area contributed by atoms with Crippen LogP contribution in [0.1, 0.15) is 29.6 Å². The van der Waals surface area contributed by atoms with Gasteiger partial charge in [-0.05, 0) is 19.3 Å². The fourth-order valence-electron chi connectivity index (χ4n) is 2.27. The standard InChI is InChI=1S/C14H15NO3S/c16-12(10-6-2-1-3-7-10)13(17)15-9-5-4-8-11(15)14(18)19/h1-3,6-7,11H,4-5,8-9H2,(H,18,19). The summed E-state index contributed by atoms with van der Waals surface area (Å²) in [5.74, 6) is -1.18. The number of likely N-dealkylation sites (tertiary alicyclic amines) is 1. The van der Waals surface area contributed by atoms with Gasteiger partial charge in [-0.2, -0.15) is 0 Å². The highest BCUT2D eigenvalue weighted by Gasteiger charge is 2.33. The third kappa shape index (κ3) is 3.04. The molecule has 4 nitrogen and oxygen atoms in total. The van der Waals surface area contributed by atoms with Gasteiger partial charge in [0.25, 0.3) is 5.91 Å². The van der Waals surface area contributed by atoms with E-state index in [4.69, 9.17) is 0 Å². The van der Waals surface area contributed by atoms with E-state index in [-0.39, 0.29) is 5.12 Å². The van der Waals surface area contributed by atoms with Crippen LogP contribution in [-0.2, 0) is 9.59 Å². The Kier molecular flexibility index (Phi) is 4.37. The average molecular weight is 277 g/mol. The van der Waals surface area contributed by atoms with E-state index < -0.39 is 17.7 Å². The molecule has 1 aromatic rings. The molecule has 19 heavy (non-hydrogen) atoms. The van der Waals surface area contributed by atoms with E-state index in [0.717, 1.165) is 12.8 Å². The summed E-state index contributed by atoms with van der Waals surface area (Å²) < 4.78 is 0. The van der Waals surface area contributed by atoms with Crippen LogP contribution in [0.15, 0.2) is 30.3 Å². The number of nitrogens with zero attached hydrogens (tertiary/aromatic N) is 1. The smallest absolute Gasteiger partial charge is 0.295 e. The van der Waals surface area contributed by atoms with Gasteiger partial charge in [0.2, 0.25) is 10.9 Å². The van der Waals surface area contributed by atoms with Crippen molar-refractivity contribution in [2.75, 3.05) is 6.54 Å². The SMILES string of the molecule is O=C(C(=O)N1CCCCC1C(=O)S)c1ccccc1. The number of hydrogen-bond donors (Lipinski definition) is 1. The van der Waals surface area contributed by atoms with Gasteiger partial charge >= 0.3 is 0 Å². The van der Waals surface area contributed by atoms with Crippen LogP contribution >= 0.6 is 12.6 Å². The minimum Gasteiger partial charge on any atom is -0.325 e. The fourth-order valence-corrected chi connectivity index (χ4v) is 2.54. The lowest BCUT2D eigenvalue weighted by atomic mass is 10.0. The van der Waals surface area contributed by atoms with Gasteiger partial charge in [-0.3, -0.25) is 14.4 Å². The molecule has 0 N–H and O–H groups in total. The van der Waals surface area contributed by atoms with Crippen LogP contribution in [-0.4, -0.2) is 34.3 Å². The summed E-state index contributed by atoms with van der Waals surface area (Å²) in [7, 11) is 0. The molecule has 1 aromatic carbocycles. The van der Waals surface area contributed by atoms with Crippen molar-refractivity contribution in [1.82, 2.24) is 4.90 Å². The van der Waals surface area contributed by atoms with Gasteiger partial charge in [-0.25, -0.2) is 0 Å². The highest BCUT2D eigenvalue weighted by atomic mass is 32.1. The first-order valence-corrected chi connectivity index (χ1v) is 6.69. The molecule has 0 aromatic heterocycles. The summed E-state index contributed by atoms with van der Waals surface area (Å²) in [6.07, 6.45) is 2.27. The number of rotatable bonds is 3. The minimum absolute atomic E-state index is 0.350. The Balaban J connectivity index is 2.18. The summed E-state index contributed by atoms with van der Waals surface area (Å²) in [6, 6.07) is 7.82. The monoisotopic (exact) mass is 277 g/mol. The van der Waals surface area contributed by atoms with E-state index in [1.165, 1.54) is 4.90 Å². The van der Waals surface area contributed by atoms with Gasteiger partial charge in [0.15, 0.2) is 0 Å². The van der Waals surface area contributed by atoms with Crippen molar-refractivity contribution in [2.45, 2.75) is 25.3 Å². The van der Waals surface area contributed by atoms with Crippen molar-refractivity contribution >= 4 is 29.4 Å². The number of benzene rings is 1. The van der Waals surface area contributed by atoms with Gasteiger partial charge in [-0.1, -0.05) is 30.3 Å². The largest absolute Gasteiger partial charge is 0.325 e. The Morgan fingerprint density at radius 3 is 2.42 bits per heavy atom. The summed E-state index contributed by atoms with van der Waals surface area (Å²) in [5, 5.41) is -0.353. The van der Waals surface area contributed by atoms with Crippen LogP contribution in [0.25, 0.3) is 0 Å². The van der Waals surface area contributed by atoms with Crippen molar-refractivity contribution in [3.05, 3.63) is 35.9 Å². The molecule has 0 radical (unpaired) electrons. The van der Waals surface area contributed by atoms with Crippen molar-refractivity contribution < 1.29 is 14.4 Å². The normalized spacial score (nSPS) is 19.0. The highest BCUT2D eigenvalue weighted by Crippen LogP contribution is 2.20. The Hall–Kier alpha value is -1.62. The van der Waals surface area contributed by atoms with Gasteiger partial charge in [0.05, 0.1) is 0 Å². The molecule has 100 valence electrons. The molecule has 0 aliphatic carbocycles. The summed E-state index contributed by atoms with van der Waals surface area (Å²) in [4.78, 5) is 37.1. The fraction of sp³-hybridized carbons (Fsp3) is 0.357. The summed E-state index contributed by atoms with van der Waals surface area (Å²) >= 11 is 3.81. The topological polar surface area (TPSA) is 54.5 Å². The Labute approximate surface area is 117 Å². The third-order valence-corrected chi connectivity index (χ3v) is 3.58. The zero-order valence-electron chi connectivity index (χ0n) is 10.4. The first kappa shape index (κ1) is 13.8. The lowest BCUT2D eigenvalue weighted by molar-refractivity contribution is -0.134. The van der Waals surface area contributed by atoms with Crippen LogP contribution in [0.5, 0.6) is 0 Å². The van der Waals surface area contributed by atoms with Gasteiger partial charge in [0, 0.05) is 12.1 Å². The second-order valence-electron chi connectivity index (χ2n) is 4.54. The van der Waals surface area contributed by atoms with Crippen molar-refractivity contribution in [3.63, 3.8) is 0 Å². The molecule has 0 saturated carbocycles. The number of amides is 1. The maximum absolute atomic E-state index is 12.2. The molecule has 1 atom stereocenters. The lowest BCUT2D eigenvalue weighted by Gasteiger charge is -2.33. The number of Topliss-reactive ketones (excluding diaryl/α,β-unsaturated/α-hetero) is 1. The van der Waals surface area contributed by atoms with E-state index in [9.17, 15) is 14.4 Å². The average Bonchev–Trinajstić information content (AvgIpc) is 2.46. The molecule has 1 amide bonds. The lowest BCUT2D eigenvalue weighted by Crippen LogP contribution is -2.49. The van der Waals surface area contributed by atoms with Crippen molar-refractivity contribution in [1.29, 1.82) is 0 Å². The van der Waals surface area contributed by atoms with Crippen LogP contribution in [0.2, 0.25) is 0 Å². The van der Waals surface area contributed by atoms with Gasteiger partial charge < -0.3 is 4.90 Å². The number of carbonyl (C=O) groups is 3. The first-order valence-electron chi connectivity index (χ1n) is 6.24. The first-order chi connectivity index (χ1) is 9.11. The molecule has 1 aliphatic heterocycles. The van der Waals surface area contributed by atoms with E-state index in [2.05, 4.69) is 12.6 Å². The molecule has 0 bridgehead atoms. The van der Waals surface area contributed by atoms with E-state index in [1.54, 1.807) is 30.3 Å². The number of piperidine rings is 1. The summed E-state index contributed by atoms with van der Waals surface area (Å²) in [5.41, 5.74) is 0.350. The molecule has 0 spiro atoms. The van der Waals surface area contributed by atoms with Crippen LogP contribution in [0.4, 0.5) is 0 Å². The van der Waals surface area contributed by atoms with Crippen LogP contribution in [0, 0.1) is 0 Å². The molecule has 1 saturated heterocycles. The predicted molar refractivity (Wildman–Crippen MR) is 74.1 cm³/mol. The Morgan fingerprint density at radius 1 is 1.11 bits per heavy atom. The molecular weight excluding hydrogens is 262 g/mol. The number of carbonyl (C=O) groups excluding carboxylic acids is 3. The van der Waals surface area contributed by atoms with E-state index in [1.807, 2.05) is 0 Å². The number of thiol groups is 1. The predicted octanol–water partition coefficient (Wildman–Crippen LogP) is 1.71. The molecule has 1 aliphatic rings. The molecular formula is C14H15NO3S. The van der Waals surface area contributed by atoms with Crippen LogP contribution < -0.4 is 0 Å². The van der Waals surface area contributed by atoms with Crippen molar-refractivity contribution in [2.24, 2.45) is 0 Å². The van der Waals surface area contributed by atoms with E-state index in [0.29, 0.717) is 18.5 Å². The maximum Gasteiger partial charge on any atom is 0.295 e. The number of ketones is 1. The second kappa shape index (κ2) is 6.02. The Bertz CT molecular complexity index is 501. The quantitative estimate of drug-likeness (QED) is 0.520. The molecule has 2 rings (SSSR count). The molecule has 1 fully saturated rings. The van der Waals surface area contributed by atoms with Crippen LogP contribution in [0.3, 0.4) is 0 Å². The highest BCUT2D eigenvalue weighted by molar-refractivity contribution is 7.96. The van der Waals surface area contributed by atoms with E-state index >= 15 is 0 Å². The third-order valence-electron chi connectivity index (χ3n) is 3.28.